The van der Waals surface area contributed by atoms with Gasteiger partial charge in [0.05, 0.1) is 0 Å². The monoisotopic (exact) mass is 192 g/mol. The third-order valence-electron chi connectivity index (χ3n) is 2.00. The number of hydrogen-bond donors (Lipinski definition) is 0. The van der Waals surface area contributed by atoms with Crippen LogP contribution in [0.4, 0.5) is 0 Å². The first-order valence-corrected chi connectivity index (χ1v) is 5.86. The van der Waals surface area contributed by atoms with Gasteiger partial charge in [-0.25, -0.2) is 0 Å². The SMILES string of the molecule is CC/C=C/C/C=C/C/C=C/CCCC. The van der Waals surface area contributed by atoms with Crippen molar-refractivity contribution in [1.82, 2.24) is 0 Å². The van der Waals surface area contributed by atoms with E-state index in [9.17, 15) is 0 Å². The average molecular weight is 192 g/mol. The standard InChI is InChI=1S/C14H24/c1-3-5-7-9-11-13-14-12-10-8-6-4-2/h5,7,10-13H,3-4,6,8-9,14H2,1-2H3/b7-5+,12-10+,13-11+. The van der Waals surface area contributed by atoms with E-state index < -0.39 is 0 Å². The highest BCUT2D eigenvalue weighted by atomic mass is 13.8. The van der Waals surface area contributed by atoms with Crippen LogP contribution in [0.5, 0.6) is 0 Å². The highest BCUT2D eigenvalue weighted by Gasteiger charge is 1.76. The van der Waals surface area contributed by atoms with Gasteiger partial charge in [0, 0.05) is 0 Å². The van der Waals surface area contributed by atoms with Gasteiger partial charge in [-0.05, 0) is 25.7 Å². The molecule has 0 bridgehead atoms. The Morgan fingerprint density at radius 1 is 0.714 bits per heavy atom. The summed E-state index contributed by atoms with van der Waals surface area (Å²) in [6.07, 6.45) is 20.6. The smallest absolute Gasteiger partial charge is 0.0169 e. The zero-order valence-corrected chi connectivity index (χ0v) is 9.71. The number of allylic oxidation sites excluding steroid dienone is 6. The molecular formula is C14H24. The molecule has 0 aliphatic rings. The molecule has 0 aliphatic carbocycles. The first-order valence-electron chi connectivity index (χ1n) is 5.86. The first-order chi connectivity index (χ1) is 6.91. The maximum absolute atomic E-state index is 2.29. The van der Waals surface area contributed by atoms with Crippen LogP contribution in [-0.4, -0.2) is 0 Å². The van der Waals surface area contributed by atoms with Crippen molar-refractivity contribution in [2.24, 2.45) is 0 Å². The van der Waals surface area contributed by atoms with E-state index in [1.54, 1.807) is 0 Å². The van der Waals surface area contributed by atoms with Crippen molar-refractivity contribution in [1.29, 1.82) is 0 Å². The molecule has 0 saturated carbocycles. The lowest BCUT2D eigenvalue weighted by Gasteiger charge is -1.87. The molecule has 0 aromatic heterocycles. The second-order valence-electron chi connectivity index (χ2n) is 3.44. The highest BCUT2D eigenvalue weighted by Crippen LogP contribution is 1.97. The van der Waals surface area contributed by atoms with Gasteiger partial charge >= 0.3 is 0 Å². The minimum Gasteiger partial charge on any atom is -0.0885 e. The van der Waals surface area contributed by atoms with Crippen LogP contribution in [0.25, 0.3) is 0 Å². The van der Waals surface area contributed by atoms with Gasteiger partial charge in [0.1, 0.15) is 0 Å². The van der Waals surface area contributed by atoms with Gasteiger partial charge < -0.3 is 0 Å². The molecule has 0 saturated heterocycles. The molecular weight excluding hydrogens is 168 g/mol. The lowest BCUT2D eigenvalue weighted by atomic mass is 10.2. The van der Waals surface area contributed by atoms with Gasteiger partial charge in [-0.2, -0.15) is 0 Å². The summed E-state index contributed by atoms with van der Waals surface area (Å²) >= 11 is 0. The Bertz CT molecular complexity index is 172. The molecule has 0 heteroatoms. The van der Waals surface area contributed by atoms with Crippen molar-refractivity contribution in [3.05, 3.63) is 36.5 Å². The van der Waals surface area contributed by atoms with E-state index >= 15 is 0 Å². The zero-order chi connectivity index (χ0) is 10.5. The van der Waals surface area contributed by atoms with Crippen LogP contribution in [0, 0.1) is 0 Å². The van der Waals surface area contributed by atoms with Crippen LogP contribution in [0.2, 0.25) is 0 Å². The zero-order valence-electron chi connectivity index (χ0n) is 9.71. The van der Waals surface area contributed by atoms with E-state index in [0.717, 1.165) is 19.3 Å². The maximum Gasteiger partial charge on any atom is -0.0169 e. The van der Waals surface area contributed by atoms with Crippen molar-refractivity contribution < 1.29 is 0 Å². The molecule has 0 aliphatic heterocycles. The molecule has 0 rings (SSSR count). The van der Waals surface area contributed by atoms with E-state index in [0.29, 0.717) is 0 Å². The molecule has 14 heavy (non-hydrogen) atoms. The maximum atomic E-state index is 2.29. The molecule has 0 spiro atoms. The fourth-order valence-electron chi connectivity index (χ4n) is 1.15. The molecule has 0 nitrogen and oxygen atoms in total. The van der Waals surface area contributed by atoms with Crippen molar-refractivity contribution >= 4 is 0 Å². The van der Waals surface area contributed by atoms with E-state index in [4.69, 9.17) is 0 Å². The third-order valence-corrected chi connectivity index (χ3v) is 2.00. The predicted molar refractivity (Wildman–Crippen MR) is 66.5 cm³/mol. The third kappa shape index (κ3) is 11.2. The van der Waals surface area contributed by atoms with Gasteiger partial charge in [-0.15, -0.1) is 0 Å². The summed E-state index contributed by atoms with van der Waals surface area (Å²) in [5, 5.41) is 0. The van der Waals surface area contributed by atoms with Gasteiger partial charge in [-0.1, -0.05) is 63.1 Å². The lowest BCUT2D eigenvalue weighted by molar-refractivity contribution is 0.813. The molecule has 0 amide bonds. The van der Waals surface area contributed by atoms with Crippen LogP contribution >= 0.6 is 0 Å². The number of rotatable bonds is 8. The molecule has 0 heterocycles. The molecule has 80 valence electrons. The van der Waals surface area contributed by atoms with Crippen LogP contribution in [0.15, 0.2) is 36.5 Å². The first kappa shape index (κ1) is 13.2. The van der Waals surface area contributed by atoms with Gasteiger partial charge in [0.2, 0.25) is 0 Å². The Morgan fingerprint density at radius 3 is 1.86 bits per heavy atom. The fraction of sp³-hybridized carbons (Fsp3) is 0.571. The van der Waals surface area contributed by atoms with E-state index in [-0.39, 0.29) is 0 Å². The summed E-state index contributed by atoms with van der Waals surface area (Å²) < 4.78 is 0. The molecule has 0 N–H and O–H groups in total. The molecule has 0 unspecified atom stereocenters. The van der Waals surface area contributed by atoms with Crippen molar-refractivity contribution in [3.8, 4) is 0 Å². The van der Waals surface area contributed by atoms with Gasteiger partial charge in [0.15, 0.2) is 0 Å². The van der Waals surface area contributed by atoms with Crippen LogP contribution < -0.4 is 0 Å². The molecule has 0 atom stereocenters. The Kier molecular flexibility index (Phi) is 11.5. The van der Waals surface area contributed by atoms with Gasteiger partial charge in [0.25, 0.3) is 0 Å². The topological polar surface area (TPSA) is 0 Å². The lowest BCUT2D eigenvalue weighted by Crippen LogP contribution is -1.66. The fourth-order valence-corrected chi connectivity index (χ4v) is 1.15. The summed E-state index contributed by atoms with van der Waals surface area (Å²) in [5.74, 6) is 0. The van der Waals surface area contributed by atoms with Gasteiger partial charge in [-0.3, -0.25) is 0 Å². The number of hydrogen-bond acceptors (Lipinski definition) is 0. The molecule has 0 radical (unpaired) electrons. The Hall–Kier alpha value is -0.780. The largest absolute Gasteiger partial charge is 0.0885 e. The Labute approximate surface area is 89.4 Å². The number of unbranched alkanes of at least 4 members (excludes halogenated alkanes) is 2. The molecule has 0 fully saturated rings. The normalized spacial score (nSPS) is 12.4. The Morgan fingerprint density at radius 2 is 1.29 bits per heavy atom. The molecule has 0 aromatic carbocycles. The van der Waals surface area contributed by atoms with Crippen molar-refractivity contribution in [3.63, 3.8) is 0 Å². The van der Waals surface area contributed by atoms with Crippen LogP contribution in [0.3, 0.4) is 0 Å². The summed E-state index contributed by atoms with van der Waals surface area (Å²) in [4.78, 5) is 0. The van der Waals surface area contributed by atoms with Crippen molar-refractivity contribution in [2.45, 2.75) is 52.4 Å². The summed E-state index contributed by atoms with van der Waals surface area (Å²) in [6, 6.07) is 0. The Balaban J connectivity index is 3.25. The van der Waals surface area contributed by atoms with E-state index in [2.05, 4.69) is 50.3 Å². The minimum atomic E-state index is 1.08. The summed E-state index contributed by atoms with van der Waals surface area (Å²) in [6.45, 7) is 4.39. The van der Waals surface area contributed by atoms with Crippen LogP contribution in [0.1, 0.15) is 52.4 Å². The predicted octanol–water partition coefficient (Wildman–Crippen LogP) is 5.04. The van der Waals surface area contributed by atoms with Crippen molar-refractivity contribution in [2.75, 3.05) is 0 Å². The molecule has 0 aromatic rings. The van der Waals surface area contributed by atoms with Crippen LogP contribution in [-0.2, 0) is 0 Å². The second kappa shape index (κ2) is 12.2. The highest BCUT2D eigenvalue weighted by molar-refractivity contribution is 4.96. The summed E-state index contributed by atoms with van der Waals surface area (Å²) in [5.41, 5.74) is 0. The average Bonchev–Trinajstić information content (AvgIpc) is 2.21. The van der Waals surface area contributed by atoms with E-state index in [1.807, 2.05) is 0 Å². The minimum absolute atomic E-state index is 1.08. The second-order valence-corrected chi connectivity index (χ2v) is 3.44. The van der Waals surface area contributed by atoms with E-state index in [1.165, 1.54) is 19.3 Å². The summed E-state index contributed by atoms with van der Waals surface area (Å²) in [7, 11) is 0. The quantitative estimate of drug-likeness (QED) is 0.373.